The fourth-order valence-electron chi connectivity index (χ4n) is 3.99. The third kappa shape index (κ3) is 3.90. The molecule has 0 amide bonds. The normalized spacial score (nSPS) is 18.1. The molecule has 1 heterocycles. The topological polar surface area (TPSA) is 94.6 Å². The van der Waals surface area contributed by atoms with E-state index in [0.29, 0.717) is 47.7 Å². The maximum absolute atomic E-state index is 14.1. The summed E-state index contributed by atoms with van der Waals surface area (Å²) in [6.07, 6.45) is 1.64. The number of Topliss-reactive ketones (excluding diaryl/α,β-unsaturated/α-hetero) is 1. The first-order valence-corrected chi connectivity index (χ1v) is 10.4. The first-order chi connectivity index (χ1) is 15.4. The third-order valence-electron chi connectivity index (χ3n) is 5.56. The molecule has 0 spiro atoms. The molecule has 1 aliphatic heterocycles. The Morgan fingerprint density at radius 3 is 2.81 bits per heavy atom. The molecule has 2 N–H and O–H groups in total. The van der Waals surface area contributed by atoms with E-state index >= 15 is 0 Å². The smallest absolute Gasteiger partial charge is 0.205 e. The molecule has 8 heteroatoms. The molecule has 2 aromatic rings. The number of halogens is 2. The summed E-state index contributed by atoms with van der Waals surface area (Å²) in [5.41, 5.74) is 7.50. The first kappa shape index (κ1) is 21.7. The van der Waals surface area contributed by atoms with Crippen LogP contribution in [0.1, 0.15) is 36.3 Å². The van der Waals surface area contributed by atoms with Crippen LogP contribution < -0.4 is 15.2 Å². The van der Waals surface area contributed by atoms with E-state index < -0.39 is 11.7 Å². The number of methoxy groups -OCH3 is 1. The molecular weight excluding hydrogens is 435 g/mol. The van der Waals surface area contributed by atoms with E-state index in [-0.39, 0.29) is 34.4 Å². The summed E-state index contributed by atoms with van der Waals surface area (Å²) in [6.45, 7) is -0.0947. The Labute approximate surface area is 189 Å². The van der Waals surface area contributed by atoms with Crippen LogP contribution in [0.3, 0.4) is 0 Å². The standard InChI is InChI=1S/C24H20ClFN2O4/c1-30-21-10-13(8-9-19(21)31-12-15-16(25)4-2-5-17(15)26)22-14(11-27)24(28)32-20-7-3-6-18(29)23(20)22/h2,4-5,8-10,22H,3,6-7,12,28H2,1H3/t22-/m1/s1. The summed E-state index contributed by atoms with van der Waals surface area (Å²) in [4.78, 5) is 12.7. The molecule has 1 atom stereocenters. The van der Waals surface area contributed by atoms with Crippen molar-refractivity contribution in [3.63, 3.8) is 0 Å². The minimum atomic E-state index is -0.652. The van der Waals surface area contributed by atoms with E-state index in [1.807, 2.05) is 0 Å². The number of carbonyl (C=O) groups is 1. The SMILES string of the molecule is COc1cc([C@@H]2C(C#N)=C(N)OC3=C2C(=O)CCC3)ccc1OCc1c(F)cccc1Cl. The predicted molar refractivity (Wildman–Crippen MR) is 115 cm³/mol. The number of ketones is 1. The van der Waals surface area contributed by atoms with Crippen LogP contribution in [-0.4, -0.2) is 12.9 Å². The number of ether oxygens (including phenoxy) is 3. The average Bonchev–Trinajstić information content (AvgIpc) is 2.78. The van der Waals surface area contributed by atoms with E-state index in [4.69, 9.17) is 31.5 Å². The fourth-order valence-corrected chi connectivity index (χ4v) is 4.21. The number of nitrogens with two attached hydrogens (primary N) is 1. The summed E-state index contributed by atoms with van der Waals surface area (Å²) < 4.78 is 30.9. The van der Waals surface area contributed by atoms with Crippen molar-refractivity contribution in [3.8, 4) is 17.6 Å². The highest BCUT2D eigenvalue weighted by molar-refractivity contribution is 6.31. The Hall–Kier alpha value is -3.50. The van der Waals surface area contributed by atoms with Gasteiger partial charge < -0.3 is 19.9 Å². The summed E-state index contributed by atoms with van der Waals surface area (Å²) in [6, 6.07) is 11.6. The molecule has 1 aliphatic carbocycles. The predicted octanol–water partition coefficient (Wildman–Crippen LogP) is 4.88. The highest BCUT2D eigenvalue weighted by Crippen LogP contribution is 2.45. The van der Waals surface area contributed by atoms with Crippen LogP contribution >= 0.6 is 11.6 Å². The lowest BCUT2D eigenvalue weighted by Gasteiger charge is -2.31. The Bertz CT molecular complexity index is 1180. The number of carbonyl (C=O) groups excluding carboxylic acids is 1. The molecule has 0 aromatic heterocycles. The van der Waals surface area contributed by atoms with E-state index in [2.05, 4.69) is 6.07 Å². The molecule has 32 heavy (non-hydrogen) atoms. The summed E-state index contributed by atoms with van der Waals surface area (Å²) in [5.74, 6) is 0.0519. The second-order valence-corrected chi connectivity index (χ2v) is 7.84. The molecule has 2 aromatic carbocycles. The zero-order valence-corrected chi connectivity index (χ0v) is 18.0. The molecule has 4 rings (SSSR count). The number of benzene rings is 2. The van der Waals surface area contributed by atoms with Gasteiger partial charge in [0, 0.05) is 24.0 Å². The Kier molecular flexibility index (Phi) is 6.06. The lowest BCUT2D eigenvalue weighted by atomic mass is 9.77. The molecular formula is C24H20ClFN2O4. The molecule has 0 unspecified atom stereocenters. The Morgan fingerprint density at radius 1 is 1.28 bits per heavy atom. The molecule has 2 aliphatic rings. The van der Waals surface area contributed by atoms with Crippen LogP contribution in [0.15, 0.2) is 59.2 Å². The van der Waals surface area contributed by atoms with Gasteiger partial charge in [-0.05, 0) is 36.2 Å². The highest BCUT2D eigenvalue weighted by Gasteiger charge is 2.38. The molecule has 164 valence electrons. The lowest BCUT2D eigenvalue weighted by molar-refractivity contribution is -0.116. The van der Waals surface area contributed by atoms with Crippen molar-refractivity contribution in [1.82, 2.24) is 0 Å². The van der Waals surface area contributed by atoms with Crippen LogP contribution in [-0.2, 0) is 16.1 Å². The quantitative estimate of drug-likeness (QED) is 0.691. The fraction of sp³-hybridized carbons (Fsp3) is 0.250. The Balaban J connectivity index is 1.70. The highest BCUT2D eigenvalue weighted by atomic mass is 35.5. The minimum absolute atomic E-state index is 0.000520. The summed E-state index contributed by atoms with van der Waals surface area (Å²) in [7, 11) is 1.47. The number of nitriles is 1. The van der Waals surface area contributed by atoms with E-state index in [0.717, 1.165) is 0 Å². The molecule has 0 fully saturated rings. The monoisotopic (exact) mass is 454 g/mol. The van der Waals surface area contributed by atoms with Gasteiger partial charge in [-0.3, -0.25) is 4.79 Å². The Morgan fingerprint density at radius 2 is 2.09 bits per heavy atom. The van der Waals surface area contributed by atoms with Crippen molar-refractivity contribution < 1.29 is 23.4 Å². The van der Waals surface area contributed by atoms with E-state index in [9.17, 15) is 14.4 Å². The van der Waals surface area contributed by atoms with Crippen molar-refractivity contribution in [2.24, 2.45) is 5.73 Å². The van der Waals surface area contributed by atoms with Gasteiger partial charge in [0.2, 0.25) is 5.88 Å². The number of hydrogen-bond acceptors (Lipinski definition) is 6. The maximum Gasteiger partial charge on any atom is 0.205 e. The van der Waals surface area contributed by atoms with E-state index in [1.165, 1.54) is 19.2 Å². The number of rotatable bonds is 5. The van der Waals surface area contributed by atoms with Crippen molar-refractivity contribution >= 4 is 17.4 Å². The molecule has 0 saturated carbocycles. The van der Waals surface area contributed by atoms with Gasteiger partial charge in [0.05, 0.1) is 18.1 Å². The maximum atomic E-state index is 14.1. The van der Waals surface area contributed by atoms with Gasteiger partial charge in [-0.2, -0.15) is 5.26 Å². The average molecular weight is 455 g/mol. The second kappa shape index (κ2) is 8.93. The van der Waals surface area contributed by atoms with Crippen LogP contribution in [0.2, 0.25) is 5.02 Å². The number of allylic oxidation sites excluding steroid dienone is 3. The molecule has 0 radical (unpaired) electrons. The van der Waals surface area contributed by atoms with Crippen molar-refractivity contribution in [1.29, 1.82) is 5.26 Å². The van der Waals surface area contributed by atoms with Gasteiger partial charge in [0.25, 0.3) is 0 Å². The van der Waals surface area contributed by atoms with Crippen LogP contribution in [0.4, 0.5) is 4.39 Å². The molecule has 6 nitrogen and oxygen atoms in total. The van der Waals surface area contributed by atoms with Gasteiger partial charge in [0.15, 0.2) is 17.3 Å². The minimum Gasteiger partial charge on any atom is -0.493 e. The zero-order valence-electron chi connectivity index (χ0n) is 17.3. The zero-order chi connectivity index (χ0) is 22.8. The van der Waals surface area contributed by atoms with Gasteiger partial charge in [0.1, 0.15) is 29.8 Å². The van der Waals surface area contributed by atoms with E-state index in [1.54, 1.807) is 24.3 Å². The van der Waals surface area contributed by atoms with Crippen molar-refractivity contribution in [2.45, 2.75) is 31.8 Å². The van der Waals surface area contributed by atoms with Crippen molar-refractivity contribution in [3.05, 3.63) is 81.2 Å². The van der Waals surface area contributed by atoms with Crippen LogP contribution in [0.5, 0.6) is 11.5 Å². The second-order valence-electron chi connectivity index (χ2n) is 7.44. The van der Waals surface area contributed by atoms with Gasteiger partial charge in [-0.25, -0.2) is 4.39 Å². The lowest BCUT2D eigenvalue weighted by Crippen LogP contribution is -2.27. The number of hydrogen-bond donors (Lipinski definition) is 1. The molecule has 0 bridgehead atoms. The van der Waals surface area contributed by atoms with Crippen LogP contribution in [0, 0.1) is 17.1 Å². The molecule has 0 saturated heterocycles. The number of nitrogens with zero attached hydrogens (tertiary/aromatic N) is 1. The summed E-state index contributed by atoms with van der Waals surface area (Å²) in [5, 5.41) is 9.97. The largest absolute Gasteiger partial charge is 0.493 e. The van der Waals surface area contributed by atoms with Crippen LogP contribution in [0.25, 0.3) is 0 Å². The van der Waals surface area contributed by atoms with Crippen molar-refractivity contribution in [2.75, 3.05) is 7.11 Å². The summed E-state index contributed by atoms with van der Waals surface area (Å²) >= 11 is 6.07. The van der Waals surface area contributed by atoms with Gasteiger partial charge >= 0.3 is 0 Å². The first-order valence-electron chi connectivity index (χ1n) is 10.0. The van der Waals surface area contributed by atoms with Gasteiger partial charge in [-0.1, -0.05) is 23.7 Å². The third-order valence-corrected chi connectivity index (χ3v) is 5.91. The van der Waals surface area contributed by atoms with Gasteiger partial charge in [-0.15, -0.1) is 0 Å².